The average molecular weight is 247 g/mol. The van der Waals surface area contributed by atoms with Crippen LogP contribution in [0.1, 0.15) is 20.7 Å². The van der Waals surface area contributed by atoms with Gasteiger partial charge in [-0.2, -0.15) is 11.3 Å². The van der Waals surface area contributed by atoms with E-state index in [1.54, 1.807) is 23.6 Å². The summed E-state index contributed by atoms with van der Waals surface area (Å²) in [7, 11) is 0. The first kappa shape index (κ1) is 11.3. The minimum atomic E-state index is -0.985. The normalized spacial score (nSPS) is 9.88. The van der Waals surface area contributed by atoms with Crippen molar-refractivity contribution in [2.75, 3.05) is 5.32 Å². The number of rotatable bonds is 3. The van der Waals surface area contributed by atoms with Crippen LogP contribution in [0.25, 0.3) is 0 Å². The van der Waals surface area contributed by atoms with Crippen molar-refractivity contribution in [1.29, 1.82) is 0 Å². The number of carboxylic acid groups (broad SMARTS) is 1. The molecule has 4 nitrogen and oxygen atoms in total. The van der Waals surface area contributed by atoms with E-state index in [0.717, 1.165) is 0 Å². The number of carbonyl (C=O) groups excluding carboxylic acids is 1. The minimum Gasteiger partial charge on any atom is -0.478 e. The van der Waals surface area contributed by atoms with E-state index in [-0.39, 0.29) is 11.5 Å². The topological polar surface area (TPSA) is 66.4 Å². The molecule has 1 aromatic carbocycles. The van der Waals surface area contributed by atoms with E-state index in [2.05, 4.69) is 5.32 Å². The van der Waals surface area contributed by atoms with Crippen molar-refractivity contribution in [2.45, 2.75) is 0 Å². The summed E-state index contributed by atoms with van der Waals surface area (Å²) < 4.78 is 0. The molecular formula is C12H9NO3S. The summed E-state index contributed by atoms with van der Waals surface area (Å²) in [6.45, 7) is 0. The summed E-state index contributed by atoms with van der Waals surface area (Å²) in [6.07, 6.45) is 0. The predicted octanol–water partition coefficient (Wildman–Crippen LogP) is 2.70. The highest BCUT2D eigenvalue weighted by molar-refractivity contribution is 7.08. The van der Waals surface area contributed by atoms with E-state index in [4.69, 9.17) is 5.11 Å². The number of carbonyl (C=O) groups is 2. The van der Waals surface area contributed by atoms with Crippen LogP contribution < -0.4 is 5.32 Å². The molecule has 2 rings (SSSR count). The van der Waals surface area contributed by atoms with Crippen LogP contribution in [-0.4, -0.2) is 17.0 Å². The largest absolute Gasteiger partial charge is 0.478 e. The lowest BCUT2D eigenvalue weighted by atomic mass is 10.2. The van der Waals surface area contributed by atoms with Crippen LogP contribution in [0.5, 0.6) is 0 Å². The van der Waals surface area contributed by atoms with Gasteiger partial charge in [-0.1, -0.05) is 0 Å². The summed E-state index contributed by atoms with van der Waals surface area (Å²) in [5, 5.41) is 15.0. The SMILES string of the molecule is O=C(O)c1ccc(NC(=O)c2ccsc2)cc1. The molecule has 2 N–H and O–H groups in total. The number of amides is 1. The minimum absolute atomic E-state index is 0.193. The number of nitrogens with one attached hydrogen (secondary N) is 1. The number of benzene rings is 1. The van der Waals surface area contributed by atoms with Gasteiger partial charge < -0.3 is 10.4 Å². The van der Waals surface area contributed by atoms with E-state index < -0.39 is 5.97 Å². The molecule has 0 unspecified atom stereocenters. The molecule has 0 atom stereocenters. The molecule has 0 bridgehead atoms. The van der Waals surface area contributed by atoms with Crippen molar-refractivity contribution in [3.63, 3.8) is 0 Å². The maximum absolute atomic E-state index is 11.7. The maximum Gasteiger partial charge on any atom is 0.335 e. The quantitative estimate of drug-likeness (QED) is 0.876. The van der Waals surface area contributed by atoms with Crippen LogP contribution >= 0.6 is 11.3 Å². The number of hydrogen-bond acceptors (Lipinski definition) is 3. The number of aromatic carboxylic acids is 1. The second-order valence-electron chi connectivity index (χ2n) is 3.35. The lowest BCUT2D eigenvalue weighted by Crippen LogP contribution is -2.10. The molecule has 0 saturated carbocycles. The molecule has 0 radical (unpaired) electrons. The van der Waals surface area contributed by atoms with Gasteiger partial charge in [-0.25, -0.2) is 4.79 Å². The number of thiophene rings is 1. The van der Waals surface area contributed by atoms with Crippen LogP contribution in [0.3, 0.4) is 0 Å². The smallest absolute Gasteiger partial charge is 0.335 e. The molecule has 0 aliphatic carbocycles. The molecule has 1 heterocycles. The first-order chi connectivity index (χ1) is 8.16. The van der Waals surface area contributed by atoms with E-state index in [0.29, 0.717) is 11.3 Å². The zero-order valence-corrected chi connectivity index (χ0v) is 9.53. The Labute approximate surface area is 102 Å². The zero-order valence-electron chi connectivity index (χ0n) is 8.71. The zero-order chi connectivity index (χ0) is 12.3. The Bertz CT molecular complexity index is 531. The summed E-state index contributed by atoms with van der Waals surface area (Å²) in [4.78, 5) is 22.3. The van der Waals surface area contributed by atoms with Crippen LogP contribution in [0.2, 0.25) is 0 Å². The highest BCUT2D eigenvalue weighted by Gasteiger charge is 2.07. The van der Waals surface area contributed by atoms with Crippen molar-refractivity contribution >= 4 is 28.9 Å². The lowest BCUT2D eigenvalue weighted by Gasteiger charge is -2.03. The van der Waals surface area contributed by atoms with Crippen molar-refractivity contribution < 1.29 is 14.7 Å². The van der Waals surface area contributed by atoms with Gasteiger partial charge in [0, 0.05) is 11.1 Å². The number of hydrogen-bond donors (Lipinski definition) is 2. The van der Waals surface area contributed by atoms with Crippen molar-refractivity contribution in [3.05, 3.63) is 52.2 Å². The van der Waals surface area contributed by atoms with E-state index in [1.807, 2.05) is 5.38 Å². The number of anilines is 1. The summed E-state index contributed by atoms with van der Waals surface area (Å²) in [5.41, 5.74) is 1.36. The molecule has 17 heavy (non-hydrogen) atoms. The first-order valence-corrected chi connectivity index (χ1v) is 5.78. The molecule has 0 spiro atoms. The van der Waals surface area contributed by atoms with Crippen molar-refractivity contribution in [3.8, 4) is 0 Å². The molecule has 0 aliphatic rings. The molecular weight excluding hydrogens is 238 g/mol. The van der Waals surface area contributed by atoms with Gasteiger partial charge in [0.05, 0.1) is 11.1 Å². The Morgan fingerprint density at radius 3 is 2.29 bits per heavy atom. The van der Waals surface area contributed by atoms with Crippen LogP contribution in [0, 0.1) is 0 Å². The number of carboxylic acids is 1. The highest BCUT2D eigenvalue weighted by Crippen LogP contribution is 2.12. The molecule has 1 amide bonds. The Hall–Kier alpha value is -2.14. The average Bonchev–Trinajstić information content (AvgIpc) is 2.83. The van der Waals surface area contributed by atoms with Crippen LogP contribution in [-0.2, 0) is 0 Å². The van der Waals surface area contributed by atoms with Crippen LogP contribution in [0.15, 0.2) is 41.1 Å². The van der Waals surface area contributed by atoms with Gasteiger partial charge in [0.2, 0.25) is 0 Å². The van der Waals surface area contributed by atoms with Crippen molar-refractivity contribution in [1.82, 2.24) is 0 Å². The van der Waals surface area contributed by atoms with Gasteiger partial charge >= 0.3 is 5.97 Å². The fraction of sp³-hybridized carbons (Fsp3) is 0. The monoisotopic (exact) mass is 247 g/mol. The lowest BCUT2D eigenvalue weighted by molar-refractivity contribution is 0.0696. The third-order valence-electron chi connectivity index (χ3n) is 2.17. The fourth-order valence-corrected chi connectivity index (χ4v) is 1.93. The maximum atomic E-state index is 11.7. The van der Waals surface area contributed by atoms with Gasteiger partial charge in [0.1, 0.15) is 0 Å². The van der Waals surface area contributed by atoms with Gasteiger partial charge in [0.15, 0.2) is 0 Å². The summed E-state index contributed by atoms with van der Waals surface area (Å²) in [6, 6.07) is 7.75. The van der Waals surface area contributed by atoms with Crippen molar-refractivity contribution in [2.24, 2.45) is 0 Å². The Morgan fingerprint density at radius 2 is 1.76 bits per heavy atom. The Kier molecular flexibility index (Phi) is 3.20. The molecule has 0 fully saturated rings. The van der Waals surface area contributed by atoms with Crippen LogP contribution in [0.4, 0.5) is 5.69 Å². The molecule has 2 aromatic rings. The molecule has 5 heteroatoms. The standard InChI is InChI=1S/C12H9NO3S/c14-11(9-5-6-17-7-9)13-10-3-1-8(2-4-10)12(15)16/h1-7H,(H,13,14)(H,15,16). The van der Waals surface area contributed by atoms with E-state index in [9.17, 15) is 9.59 Å². The summed E-state index contributed by atoms with van der Waals surface area (Å²) >= 11 is 1.45. The second kappa shape index (κ2) is 4.80. The second-order valence-corrected chi connectivity index (χ2v) is 4.13. The van der Waals surface area contributed by atoms with Gasteiger partial charge in [-0.05, 0) is 35.7 Å². The van der Waals surface area contributed by atoms with Gasteiger partial charge in [0.25, 0.3) is 5.91 Å². The molecule has 0 saturated heterocycles. The first-order valence-electron chi connectivity index (χ1n) is 4.84. The third kappa shape index (κ3) is 2.70. The Balaban J connectivity index is 2.09. The van der Waals surface area contributed by atoms with E-state index in [1.165, 1.54) is 23.5 Å². The fourth-order valence-electron chi connectivity index (χ4n) is 1.29. The molecule has 0 aliphatic heterocycles. The molecule has 1 aromatic heterocycles. The Morgan fingerprint density at radius 1 is 1.06 bits per heavy atom. The summed E-state index contributed by atoms with van der Waals surface area (Å²) in [5.74, 6) is -1.19. The highest BCUT2D eigenvalue weighted by atomic mass is 32.1. The van der Waals surface area contributed by atoms with E-state index >= 15 is 0 Å². The van der Waals surface area contributed by atoms with Gasteiger partial charge in [-0.3, -0.25) is 4.79 Å². The van der Waals surface area contributed by atoms with Gasteiger partial charge in [-0.15, -0.1) is 0 Å². The third-order valence-corrected chi connectivity index (χ3v) is 2.86. The molecule has 86 valence electrons. The predicted molar refractivity (Wildman–Crippen MR) is 65.7 cm³/mol.